The fourth-order valence-corrected chi connectivity index (χ4v) is 2.60. The fourth-order valence-electron chi connectivity index (χ4n) is 1.90. The van der Waals surface area contributed by atoms with Crippen LogP contribution in [0.1, 0.15) is 52.1 Å². The molecule has 142 valence electrons. The summed E-state index contributed by atoms with van der Waals surface area (Å²) in [7, 11) is 0. The normalized spacial score (nSPS) is 12.7. The van der Waals surface area contributed by atoms with Crippen molar-refractivity contribution >= 4 is 23.4 Å². The van der Waals surface area contributed by atoms with E-state index in [4.69, 9.17) is 4.74 Å². The number of aryl methyl sites for hydroxylation is 1. The van der Waals surface area contributed by atoms with Crippen molar-refractivity contribution in [3.63, 3.8) is 0 Å². The highest BCUT2D eigenvalue weighted by atomic mass is 32.1. The molecule has 0 aliphatic rings. The second kappa shape index (κ2) is 9.03. The number of alkyl carbamates (subject to hydrolysis) is 1. The van der Waals surface area contributed by atoms with Gasteiger partial charge in [-0.25, -0.2) is 14.8 Å². The number of carbonyl (C=O) groups excluding carboxylic acids is 1. The minimum Gasteiger partial charge on any atom is -0.444 e. The van der Waals surface area contributed by atoms with Gasteiger partial charge in [-0.1, -0.05) is 0 Å². The smallest absolute Gasteiger partial charge is 0.408 e. The van der Waals surface area contributed by atoms with Gasteiger partial charge in [0.2, 0.25) is 0 Å². The van der Waals surface area contributed by atoms with E-state index >= 15 is 0 Å². The van der Waals surface area contributed by atoms with E-state index in [2.05, 4.69) is 25.9 Å². The number of hydrogen-bond donors (Lipinski definition) is 3. The van der Waals surface area contributed by atoms with Crippen molar-refractivity contribution in [3.8, 4) is 0 Å². The van der Waals surface area contributed by atoms with Gasteiger partial charge in [-0.2, -0.15) is 0 Å². The van der Waals surface area contributed by atoms with Crippen LogP contribution >= 0.6 is 11.3 Å². The summed E-state index contributed by atoms with van der Waals surface area (Å²) < 4.78 is 5.31. The molecule has 0 aliphatic carbocycles. The SMILES string of the molecule is CCNC(=NCc1scnc1C)NCC(C)(C)NC(=O)OC(C)(C)C. The molecule has 3 N–H and O–H groups in total. The zero-order valence-corrected chi connectivity index (χ0v) is 17.1. The number of aromatic nitrogens is 1. The first-order valence-corrected chi connectivity index (χ1v) is 9.32. The van der Waals surface area contributed by atoms with Crippen molar-refractivity contribution in [3.05, 3.63) is 16.1 Å². The molecule has 0 atom stereocenters. The van der Waals surface area contributed by atoms with Crippen molar-refractivity contribution in [2.75, 3.05) is 13.1 Å². The average Bonchev–Trinajstić information content (AvgIpc) is 2.84. The Morgan fingerprint density at radius 3 is 2.48 bits per heavy atom. The van der Waals surface area contributed by atoms with Crippen LogP contribution < -0.4 is 16.0 Å². The van der Waals surface area contributed by atoms with Crippen LogP contribution in [0.15, 0.2) is 10.5 Å². The number of thiazole rings is 1. The monoisotopic (exact) mass is 369 g/mol. The molecular weight excluding hydrogens is 338 g/mol. The standard InChI is InChI=1S/C17H31N5O2S/c1-8-18-14(19-9-13-12(2)21-11-25-13)20-10-17(6,7)22-15(23)24-16(3,4)5/h11H,8-10H2,1-7H3,(H,22,23)(H2,18,19,20). The molecule has 25 heavy (non-hydrogen) atoms. The Balaban J connectivity index is 2.60. The minimum atomic E-state index is -0.517. The predicted molar refractivity (Wildman–Crippen MR) is 103 cm³/mol. The first kappa shape index (κ1) is 21.2. The zero-order valence-electron chi connectivity index (χ0n) is 16.3. The van der Waals surface area contributed by atoms with Gasteiger partial charge in [0.1, 0.15) is 5.60 Å². The Morgan fingerprint density at radius 2 is 1.96 bits per heavy atom. The Kier molecular flexibility index (Phi) is 7.66. The summed E-state index contributed by atoms with van der Waals surface area (Å²) in [5.41, 5.74) is 1.83. The maximum Gasteiger partial charge on any atom is 0.408 e. The Labute approximate surface area is 154 Å². The number of aliphatic imine (C=N–C) groups is 1. The van der Waals surface area contributed by atoms with Crippen LogP contribution in [-0.2, 0) is 11.3 Å². The van der Waals surface area contributed by atoms with Crippen molar-refractivity contribution in [2.45, 2.75) is 66.2 Å². The van der Waals surface area contributed by atoms with Crippen LogP contribution in [0, 0.1) is 6.92 Å². The Bertz CT molecular complexity index is 590. The summed E-state index contributed by atoms with van der Waals surface area (Å²) >= 11 is 1.60. The molecule has 1 aromatic rings. The van der Waals surface area contributed by atoms with Gasteiger partial charge in [0.15, 0.2) is 5.96 Å². The molecule has 0 bridgehead atoms. The van der Waals surface area contributed by atoms with Crippen LogP contribution in [0.3, 0.4) is 0 Å². The lowest BCUT2D eigenvalue weighted by Gasteiger charge is -2.29. The molecule has 0 saturated heterocycles. The quantitative estimate of drug-likeness (QED) is 0.530. The van der Waals surface area contributed by atoms with Crippen molar-refractivity contribution < 1.29 is 9.53 Å². The number of guanidine groups is 1. The van der Waals surface area contributed by atoms with Crippen LogP contribution in [0.2, 0.25) is 0 Å². The van der Waals surface area contributed by atoms with E-state index in [1.807, 2.05) is 54.0 Å². The van der Waals surface area contributed by atoms with Gasteiger partial charge in [0, 0.05) is 18.0 Å². The fraction of sp³-hybridized carbons (Fsp3) is 0.706. The summed E-state index contributed by atoms with van der Waals surface area (Å²) in [6.45, 7) is 15.2. The van der Waals surface area contributed by atoms with Gasteiger partial charge >= 0.3 is 6.09 Å². The summed E-state index contributed by atoms with van der Waals surface area (Å²) in [5, 5.41) is 9.35. The maximum atomic E-state index is 12.0. The van der Waals surface area contributed by atoms with Gasteiger partial charge in [-0.3, -0.25) is 0 Å². The van der Waals surface area contributed by atoms with Gasteiger partial charge in [0.25, 0.3) is 0 Å². The van der Waals surface area contributed by atoms with E-state index in [0.717, 1.165) is 17.1 Å². The lowest BCUT2D eigenvalue weighted by Crippen LogP contribution is -2.54. The van der Waals surface area contributed by atoms with Gasteiger partial charge in [-0.15, -0.1) is 11.3 Å². The van der Waals surface area contributed by atoms with Gasteiger partial charge in [0.05, 0.1) is 23.3 Å². The van der Waals surface area contributed by atoms with Gasteiger partial charge < -0.3 is 20.7 Å². The first-order valence-electron chi connectivity index (χ1n) is 8.45. The Morgan fingerprint density at radius 1 is 1.28 bits per heavy atom. The molecular formula is C17H31N5O2S. The molecule has 1 aromatic heterocycles. The molecule has 0 unspecified atom stereocenters. The molecule has 0 aromatic carbocycles. The number of nitrogens with one attached hydrogen (secondary N) is 3. The largest absolute Gasteiger partial charge is 0.444 e. The van der Waals surface area contributed by atoms with E-state index in [-0.39, 0.29) is 0 Å². The number of ether oxygens (including phenoxy) is 1. The predicted octanol–water partition coefficient (Wildman–Crippen LogP) is 2.81. The third-order valence-corrected chi connectivity index (χ3v) is 4.03. The number of hydrogen-bond acceptors (Lipinski definition) is 5. The van der Waals surface area contributed by atoms with Crippen molar-refractivity contribution in [2.24, 2.45) is 4.99 Å². The van der Waals surface area contributed by atoms with E-state index in [9.17, 15) is 4.79 Å². The number of amides is 1. The van der Waals surface area contributed by atoms with E-state index < -0.39 is 17.2 Å². The highest BCUT2D eigenvalue weighted by Crippen LogP contribution is 2.13. The average molecular weight is 370 g/mol. The summed E-state index contributed by atoms with van der Waals surface area (Å²) in [6, 6.07) is 0. The van der Waals surface area contributed by atoms with Crippen LogP contribution in [0.5, 0.6) is 0 Å². The number of nitrogens with zero attached hydrogens (tertiary/aromatic N) is 2. The minimum absolute atomic E-state index is 0.429. The highest BCUT2D eigenvalue weighted by molar-refractivity contribution is 7.09. The van der Waals surface area contributed by atoms with E-state index in [1.165, 1.54) is 0 Å². The molecule has 0 fully saturated rings. The maximum absolute atomic E-state index is 12.0. The molecule has 0 aliphatic heterocycles. The topological polar surface area (TPSA) is 87.6 Å². The number of carbonyl (C=O) groups is 1. The van der Waals surface area contributed by atoms with Crippen molar-refractivity contribution in [1.29, 1.82) is 0 Å². The lowest BCUT2D eigenvalue weighted by atomic mass is 10.1. The molecule has 8 heteroatoms. The molecule has 0 spiro atoms. The van der Waals surface area contributed by atoms with Crippen molar-refractivity contribution in [1.82, 2.24) is 20.9 Å². The summed E-state index contributed by atoms with van der Waals surface area (Å²) in [6.07, 6.45) is -0.429. The highest BCUT2D eigenvalue weighted by Gasteiger charge is 2.24. The zero-order chi connectivity index (χ0) is 19.1. The third kappa shape index (κ3) is 8.72. The first-order chi connectivity index (χ1) is 11.5. The molecule has 0 saturated carbocycles. The molecule has 1 amide bonds. The second-order valence-corrected chi connectivity index (χ2v) is 8.36. The molecule has 0 radical (unpaired) electrons. The summed E-state index contributed by atoms with van der Waals surface area (Å²) in [4.78, 5) is 21.9. The molecule has 1 rings (SSSR count). The molecule has 7 nitrogen and oxygen atoms in total. The second-order valence-electron chi connectivity index (χ2n) is 7.42. The summed E-state index contributed by atoms with van der Waals surface area (Å²) in [5.74, 6) is 0.703. The van der Waals surface area contributed by atoms with E-state index in [0.29, 0.717) is 19.0 Å². The lowest BCUT2D eigenvalue weighted by molar-refractivity contribution is 0.0474. The van der Waals surface area contributed by atoms with Crippen LogP contribution in [-0.4, -0.2) is 41.3 Å². The van der Waals surface area contributed by atoms with Crippen LogP contribution in [0.25, 0.3) is 0 Å². The Hall–Kier alpha value is -1.83. The third-order valence-electron chi connectivity index (χ3n) is 3.11. The van der Waals surface area contributed by atoms with Crippen LogP contribution in [0.4, 0.5) is 4.79 Å². The molecule has 1 heterocycles. The van der Waals surface area contributed by atoms with E-state index in [1.54, 1.807) is 11.3 Å². The number of rotatable bonds is 6. The van der Waals surface area contributed by atoms with Gasteiger partial charge in [-0.05, 0) is 48.5 Å².